The van der Waals surface area contributed by atoms with E-state index >= 15 is 0 Å². The first kappa shape index (κ1) is 14.5. The van der Waals surface area contributed by atoms with Gasteiger partial charge in [-0.15, -0.1) is 0 Å². The fraction of sp³-hybridized carbons (Fsp3) is 0.923. The van der Waals surface area contributed by atoms with Crippen molar-refractivity contribution < 1.29 is 9.53 Å². The Kier molecular flexibility index (Phi) is 7.21. The number of likely N-dealkylation sites (N-methyl/N-ethyl adjacent to an activating group) is 1. The van der Waals surface area contributed by atoms with Gasteiger partial charge in [-0.3, -0.25) is 4.79 Å². The molecule has 0 aromatic carbocycles. The van der Waals surface area contributed by atoms with Crippen molar-refractivity contribution in [2.75, 3.05) is 33.3 Å². The Morgan fingerprint density at radius 3 is 3.00 bits per heavy atom. The summed E-state index contributed by atoms with van der Waals surface area (Å²) in [6.45, 7) is 5.05. The summed E-state index contributed by atoms with van der Waals surface area (Å²) in [5.41, 5.74) is 0. The highest BCUT2D eigenvalue weighted by Crippen LogP contribution is 2.13. The molecule has 1 unspecified atom stereocenters. The highest BCUT2D eigenvalue weighted by atomic mass is 16.5. The molecular weight excluding hydrogens is 216 g/mol. The predicted molar refractivity (Wildman–Crippen MR) is 69.0 cm³/mol. The summed E-state index contributed by atoms with van der Waals surface area (Å²) in [5, 5.41) is 3.20. The molecule has 1 atom stereocenters. The van der Waals surface area contributed by atoms with Gasteiger partial charge in [0.15, 0.2) is 0 Å². The number of carbonyl (C=O) groups excluding carboxylic acids is 1. The molecule has 0 radical (unpaired) electrons. The van der Waals surface area contributed by atoms with E-state index in [0.717, 1.165) is 19.4 Å². The van der Waals surface area contributed by atoms with Crippen molar-refractivity contribution in [3.8, 4) is 0 Å². The second-order valence-corrected chi connectivity index (χ2v) is 4.84. The van der Waals surface area contributed by atoms with Gasteiger partial charge < -0.3 is 15.0 Å². The van der Waals surface area contributed by atoms with Gasteiger partial charge in [0.05, 0.1) is 13.2 Å². The van der Waals surface area contributed by atoms with Crippen LogP contribution in [0.2, 0.25) is 0 Å². The first-order valence-electron chi connectivity index (χ1n) is 6.80. The Balaban J connectivity index is 2.04. The van der Waals surface area contributed by atoms with Gasteiger partial charge in [0.2, 0.25) is 0 Å². The fourth-order valence-corrected chi connectivity index (χ4v) is 2.12. The molecule has 1 aliphatic rings. The maximum Gasteiger partial charge on any atom is 0.319 e. The molecule has 0 aromatic rings. The van der Waals surface area contributed by atoms with E-state index in [-0.39, 0.29) is 5.97 Å². The number of unbranched alkanes of at least 4 members (excludes halogenated alkanes) is 1. The van der Waals surface area contributed by atoms with E-state index in [2.05, 4.69) is 24.2 Å². The van der Waals surface area contributed by atoms with Crippen LogP contribution < -0.4 is 5.32 Å². The summed E-state index contributed by atoms with van der Waals surface area (Å²) in [4.78, 5) is 13.7. The molecule has 1 N–H and O–H groups in total. The quantitative estimate of drug-likeness (QED) is 0.541. The van der Waals surface area contributed by atoms with Crippen molar-refractivity contribution in [2.24, 2.45) is 0 Å². The van der Waals surface area contributed by atoms with Gasteiger partial charge in [-0.1, -0.05) is 19.8 Å². The smallest absolute Gasteiger partial charge is 0.319 e. The van der Waals surface area contributed by atoms with Crippen LogP contribution in [0.3, 0.4) is 0 Å². The van der Waals surface area contributed by atoms with E-state index in [9.17, 15) is 4.79 Å². The molecule has 1 aliphatic heterocycles. The molecule has 0 amide bonds. The molecule has 0 saturated carbocycles. The van der Waals surface area contributed by atoms with Crippen molar-refractivity contribution in [2.45, 2.75) is 45.1 Å². The lowest BCUT2D eigenvalue weighted by molar-refractivity contribution is -0.142. The first-order chi connectivity index (χ1) is 8.24. The minimum absolute atomic E-state index is 0.128. The van der Waals surface area contributed by atoms with Gasteiger partial charge in [-0.05, 0) is 32.9 Å². The third kappa shape index (κ3) is 6.03. The van der Waals surface area contributed by atoms with E-state index < -0.39 is 0 Å². The molecule has 0 aliphatic carbocycles. The number of likely N-dealkylation sites (tertiary alicyclic amines) is 1. The van der Waals surface area contributed by atoms with E-state index in [1.165, 1.54) is 25.8 Å². The highest BCUT2D eigenvalue weighted by molar-refractivity contribution is 5.71. The van der Waals surface area contributed by atoms with Gasteiger partial charge in [0.25, 0.3) is 0 Å². The molecule has 1 fully saturated rings. The number of carbonyl (C=O) groups is 1. The minimum Gasteiger partial charge on any atom is -0.465 e. The molecule has 0 aromatic heterocycles. The predicted octanol–water partition coefficient (Wildman–Crippen LogP) is 1.40. The molecule has 17 heavy (non-hydrogen) atoms. The van der Waals surface area contributed by atoms with Crippen LogP contribution in [0.25, 0.3) is 0 Å². The average molecular weight is 242 g/mol. The minimum atomic E-state index is -0.128. The van der Waals surface area contributed by atoms with Crippen LogP contribution in [0, 0.1) is 0 Å². The molecule has 4 heteroatoms. The summed E-state index contributed by atoms with van der Waals surface area (Å²) in [5.74, 6) is -0.128. The summed E-state index contributed by atoms with van der Waals surface area (Å²) in [6, 6.07) is 0.576. The SMILES string of the molecule is CCCCOC(=O)CNCC1CCCCN1C. The van der Waals surface area contributed by atoms with Gasteiger partial charge in [-0.25, -0.2) is 0 Å². The lowest BCUT2D eigenvalue weighted by Crippen LogP contribution is -2.44. The average Bonchev–Trinajstić information content (AvgIpc) is 2.32. The molecular formula is C13H26N2O2. The lowest BCUT2D eigenvalue weighted by Gasteiger charge is -2.32. The molecule has 0 bridgehead atoms. The Morgan fingerprint density at radius 2 is 2.29 bits per heavy atom. The molecule has 1 heterocycles. The highest BCUT2D eigenvalue weighted by Gasteiger charge is 2.18. The Hall–Kier alpha value is -0.610. The van der Waals surface area contributed by atoms with E-state index in [1.54, 1.807) is 0 Å². The first-order valence-corrected chi connectivity index (χ1v) is 6.80. The zero-order valence-corrected chi connectivity index (χ0v) is 11.2. The van der Waals surface area contributed by atoms with Gasteiger partial charge >= 0.3 is 5.97 Å². The van der Waals surface area contributed by atoms with Gasteiger partial charge in [0.1, 0.15) is 0 Å². The molecule has 1 saturated heterocycles. The number of ether oxygens (including phenoxy) is 1. The number of esters is 1. The topological polar surface area (TPSA) is 41.6 Å². The summed E-state index contributed by atoms with van der Waals surface area (Å²) >= 11 is 0. The maximum absolute atomic E-state index is 11.3. The second kappa shape index (κ2) is 8.48. The van der Waals surface area contributed by atoms with E-state index in [1.807, 2.05) is 0 Å². The van der Waals surface area contributed by atoms with Gasteiger partial charge in [-0.2, -0.15) is 0 Å². The van der Waals surface area contributed by atoms with Crippen LogP contribution in [0.4, 0.5) is 0 Å². The monoisotopic (exact) mass is 242 g/mol. The summed E-state index contributed by atoms with van der Waals surface area (Å²) < 4.78 is 5.08. The van der Waals surface area contributed by atoms with Crippen molar-refractivity contribution >= 4 is 5.97 Å². The van der Waals surface area contributed by atoms with Crippen LogP contribution in [0.1, 0.15) is 39.0 Å². The van der Waals surface area contributed by atoms with Crippen molar-refractivity contribution in [3.63, 3.8) is 0 Å². The Bertz CT molecular complexity index is 221. The van der Waals surface area contributed by atoms with Crippen LogP contribution in [0.15, 0.2) is 0 Å². The fourth-order valence-electron chi connectivity index (χ4n) is 2.12. The third-order valence-corrected chi connectivity index (χ3v) is 3.33. The Morgan fingerprint density at radius 1 is 1.47 bits per heavy atom. The van der Waals surface area contributed by atoms with Crippen molar-refractivity contribution in [3.05, 3.63) is 0 Å². The Labute approximate surface area is 105 Å². The number of hydrogen-bond acceptors (Lipinski definition) is 4. The molecule has 100 valence electrons. The number of hydrogen-bond donors (Lipinski definition) is 1. The molecule has 4 nitrogen and oxygen atoms in total. The van der Waals surface area contributed by atoms with Crippen molar-refractivity contribution in [1.82, 2.24) is 10.2 Å². The number of nitrogens with one attached hydrogen (secondary N) is 1. The zero-order valence-electron chi connectivity index (χ0n) is 11.2. The largest absolute Gasteiger partial charge is 0.465 e. The van der Waals surface area contributed by atoms with Crippen LogP contribution in [-0.4, -0.2) is 50.2 Å². The summed E-state index contributed by atoms with van der Waals surface area (Å²) in [7, 11) is 2.16. The molecule has 1 rings (SSSR count). The van der Waals surface area contributed by atoms with E-state index in [0.29, 0.717) is 19.2 Å². The third-order valence-electron chi connectivity index (χ3n) is 3.33. The number of nitrogens with zero attached hydrogens (tertiary/aromatic N) is 1. The summed E-state index contributed by atoms with van der Waals surface area (Å²) in [6.07, 6.45) is 5.85. The molecule has 0 spiro atoms. The lowest BCUT2D eigenvalue weighted by atomic mass is 10.0. The van der Waals surface area contributed by atoms with Crippen LogP contribution >= 0.6 is 0 Å². The van der Waals surface area contributed by atoms with E-state index in [4.69, 9.17) is 4.74 Å². The number of rotatable bonds is 7. The van der Waals surface area contributed by atoms with Crippen molar-refractivity contribution in [1.29, 1.82) is 0 Å². The van der Waals surface area contributed by atoms with Crippen LogP contribution in [-0.2, 0) is 9.53 Å². The normalized spacial score (nSPS) is 21.4. The standard InChI is InChI=1S/C13H26N2O2/c1-3-4-9-17-13(16)11-14-10-12-7-5-6-8-15(12)2/h12,14H,3-11H2,1-2H3. The maximum atomic E-state index is 11.3. The second-order valence-electron chi connectivity index (χ2n) is 4.84. The number of piperidine rings is 1. The van der Waals surface area contributed by atoms with Gasteiger partial charge in [0, 0.05) is 12.6 Å². The zero-order chi connectivity index (χ0) is 12.5. The van der Waals surface area contributed by atoms with Crippen LogP contribution in [0.5, 0.6) is 0 Å².